The second-order valence-electron chi connectivity index (χ2n) is 2.24. The van der Waals surface area contributed by atoms with Gasteiger partial charge in [-0.15, -0.1) is 0 Å². The minimum Gasteiger partial charge on any atom is -0.396 e. The average molecular weight is 147 g/mol. The molecule has 10 heavy (non-hydrogen) atoms. The van der Waals surface area contributed by atoms with Gasteiger partial charge in [0, 0.05) is 24.4 Å². The molecule has 0 aliphatic heterocycles. The van der Waals surface area contributed by atoms with E-state index < -0.39 is 6.04 Å². The average Bonchev–Trinajstić information content (AvgIpc) is 1.87. The van der Waals surface area contributed by atoms with Gasteiger partial charge in [-0.05, 0) is 6.42 Å². The van der Waals surface area contributed by atoms with E-state index >= 15 is 0 Å². The number of rotatable bonds is 5. The molecular weight excluding hydrogens is 134 g/mol. The van der Waals surface area contributed by atoms with Crippen LogP contribution in [0.4, 0.5) is 0 Å². The minimum absolute atomic E-state index is 0.0916. The fourth-order valence-electron chi connectivity index (χ4n) is 0.837. The van der Waals surface area contributed by atoms with Crippen LogP contribution in [-0.2, 0) is 0 Å². The van der Waals surface area contributed by atoms with E-state index in [-0.39, 0.29) is 18.0 Å². The first kappa shape index (κ1) is 9.36. The quantitative estimate of drug-likeness (QED) is 0.462. The van der Waals surface area contributed by atoms with Crippen LogP contribution >= 0.6 is 0 Å². The molecule has 1 N–H and O–H groups in total. The topological polar surface area (TPSA) is 63.4 Å². The maximum Gasteiger partial charge on any atom is 0.215 e. The molecule has 0 amide bonds. The lowest BCUT2D eigenvalue weighted by Crippen LogP contribution is -2.20. The molecule has 0 spiro atoms. The number of hydrogen-bond acceptors (Lipinski definition) is 3. The minimum atomic E-state index is -0.546. The molecule has 0 fully saturated rings. The Kier molecular flexibility index (Phi) is 4.84. The van der Waals surface area contributed by atoms with Crippen LogP contribution in [0.15, 0.2) is 0 Å². The summed E-state index contributed by atoms with van der Waals surface area (Å²) in [5, 5.41) is 18.6. The van der Waals surface area contributed by atoms with Crippen molar-refractivity contribution in [2.45, 2.75) is 32.2 Å². The van der Waals surface area contributed by atoms with Crippen molar-refractivity contribution in [3.8, 4) is 0 Å². The highest BCUT2D eigenvalue weighted by molar-refractivity contribution is 4.53. The van der Waals surface area contributed by atoms with Crippen molar-refractivity contribution in [2.24, 2.45) is 0 Å². The molecule has 0 heterocycles. The van der Waals surface area contributed by atoms with Crippen molar-refractivity contribution in [1.82, 2.24) is 0 Å². The van der Waals surface area contributed by atoms with Gasteiger partial charge in [0.2, 0.25) is 6.04 Å². The van der Waals surface area contributed by atoms with Crippen molar-refractivity contribution in [1.29, 1.82) is 0 Å². The van der Waals surface area contributed by atoms with Gasteiger partial charge in [-0.2, -0.15) is 0 Å². The third kappa shape index (κ3) is 3.40. The van der Waals surface area contributed by atoms with Crippen molar-refractivity contribution in [3.63, 3.8) is 0 Å². The molecule has 0 saturated heterocycles. The lowest BCUT2D eigenvalue weighted by atomic mass is 10.1. The van der Waals surface area contributed by atoms with Crippen molar-refractivity contribution in [3.05, 3.63) is 10.1 Å². The zero-order chi connectivity index (χ0) is 7.98. The van der Waals surface area contributed by atoms with Crippen LogP contribution in [0.2, 0.25) is 0 Å². The van der Waals surface area contributed by atoms with E-state index in [9.17, 15) is 10.1 Å². The predicted molar refractivity (Wildman–Crippen MR) is 37.4 cm³/mol. The third-order valence-electron chi connectivity index (χ3n) is 1.38. The van der Waals surface area contributed by atoms with Crippen molar-refractivity contribution in [2.75, 3.05) is 6.61 Å². The second kappa shape index (κ2) is 5.17. The molecule has 4 heteroatoms. The van der Waals surface area contributed by atoms with Crippen LogP contribution in [0.3, 0.4) is 0 Å². The molecule has 0 aromatic carbocycles. The van der Waals surface area contributed by atoms with Crippen LogP contribution in [-0.4, -0.2) is 22.7 Å². The molecule has 0 saturated carbocycles. The standard InChI is InChI=1S/C6H13NO3/c1-2-3-6(4-5-8)7(9)10/h6,8H,2-5H2,1H3. The Morgan fingerprint density at radius 1 is 1.60 bits per heavy atom. The van der Waals surface area contributed by atoms with E-state index in [0.29, 0.717) is 6.42 Å². The summed E-state index contributed by atoms with van der Waals surface area (Å²) in [6, 6.07) is -0.546. The van der Waals surface area contributed by atoms with E-state index in [4.69, 9.17) is 5.11 Å². The lowest BCUT2D eigenvalue weighted by Gasteiger charge is -2.04. The van der Waals surface area contributed by atoms with Gasteiger partial charge < -0.3 is 5.11 Å². The maximum absolute atomic E-state index is 10.2. The van der Waals surface area contributed by atoms with Gasteiger partial charge in [0.15, 0.2) is 0 Å². The van der Waals surface area contributed by atoms with E-state index in [1.807, 2.05) is 6.92 Å². The van der Waals surface area contributed by atoms with Gasteiger partial charge in [0.25, 0.3) is 0 Å². The number of nitrogens with zero attached hydrogens (tertiary/aromatic N) is 1. The van der Waals surface area contributed by atoms with Gasteiger partial charge in [0.1, 0.15) is 0 Å². The normalized spacial score (nSPS) is 13.0. The smallest absolute Gasteiger partial charge is 0.215 e. The first-order valence-electron chi connectivity index (χ1n) is 3.46. The summed E-state index contributed by atoms with van der Waals surface area (Å²) in [7, 11) is 0. The highest BCUT2D eigenvalue weighted by Crippen LogP contribution is 2.04. The monoisotopic (exact) mass is 147 g/mol. The van der Waals surface area contributed by atoms with E-state index in [0.717, 1.165) is 6.42 Å². The van der Waals surface area contributed by atoms with Crippen LogP contribution in [0.5, 0.6) is 0 Å². The van der Waals surface area contributed by atoms with Gasteiger partial charge in [-0.3, -0.25) is 10.1 Å². The van der Waals surface area contributed by atoms with Gasteiger partial charge in [-0.25, -0.2) is 0 Å². The molecular formula is C6H13NO3. The van der Waals surface area contributed by atoms with Crippen molar-refractivity contribution < 1.29 is 10.0 Å². The molecule has 60 valence electrons. The number of aliphatic hydroxyl groups is 1. The summed E-state index contributed by atoms with van der Waals surface area (Å²) in [6.07, 6.45) is 1.64. The van der Waals surface area contributed by atoms with E-state index in [1.165, 1.54) is 0 Å². The maximum atomic E-state index is 10.2. The zero-order valence-corrected chi connectivity index (χ0v) is 6.12. The number of hydrogen-bond donors (Lipinski definition) is 1. The molecule has 0 aromatic rings. The Labute approximate surface area is 60.0 Å². The molecule has 1 unspecified atom stereocenters. The fraction of sp³-hybridized carbons (Fsp3) is 1.00. The SMILES string of the molecule is CCCC(CCO)[N+](=O)[O-]. The van der Waals surface area contributed by atoms with Crippen LogP contribution < -0.4 is 0 Å². The van der Waals surface area contributed by atoms with Crippen molar-refractivity contribution >= 4 is 0 Å². The van der Waals surface area contributed by atoms with E-state index in [1.54, 1.807) is 0 Å². The van der Waals surface area contributed by atoms with Gasteiger partial charge in [0.05, 0.1) is 0 Å². The van der Waals surface area contributed by atoms with Crippen LogP contribution in [0.25, 0.3) is 0 Å². The van der Waals surface area contributed by atoms with Gasteiger partial charge >= 0.3 is 0 Å². The Morgan fingerprint density at radius 2 is 2.20 bits per heavy atom. The van der Waals surface area contributed by atoms with E-state index in [2.05, 4.69) is 0 Å². The molecule has 1 atom stereocenters. The molecule has 0 rings (SSSR count). The molecule has 0 aromatic heterocycles. The summed E-state index contributed by atoms with van der Waals surface area (Å²) in [4.78, 5) is 9.85. The Hall–Kier alpha value is -0.640. The molecule has 0 aliphatic carbocycles. The summed E-state index contributed by atoms with van der Waals surface area (Å²) >= 11 is 0. The Balaban J connectivity index is 3.61. The fourth-order valence-corrected chi connectivity index (χ4v) is 0.837. The highest BCUT2D eigenvalue weighted by Gasteiger charge is 2.16. The molecule has 0 radical (unpaired) electrons. The lowest BCUT2D eigenvalue weighted by molar-refractivity contribution is -0.524. The summed E-state index contributed by atoms with van der Waals surface area (Å²) in [6.45, 7) is 1.81. The highest BCUT2D eigenvalue weighted by atomic mass is 16.6. The number of nitro groups is 1. The second-order valence-corrected chi connectivity index (χ2v) is 2.24. The largest absolute Gasteiger partial charge is 0.396 e. The zero-order valence-electron chi connectivity index (χ0n) is 6.12. The first-order chi connectivity index (χ1) is 4.72. The first-order valence-corrected chi connectivity index (χ1v) is 3.46. The van der Waals surface area contributed by atoms with Crippen LogP contribution in [0, 0.1) is 10.1 Å². The number of aliphatic hydroxyl groups excluding tert-OH is 1. The molecule has 4 nitrogen and oxygen atoms in total. The Bertz CT molecular complexity index is 99.2. The summed E-state index contributed by atoms with van der Waals surface area (Å²) in [5.74, 6) is 0. The van der Waals surface area contributed by atoms with Gasteiger partial charge in [-0.1, -0.05) is 6.92 Å². The van der Waals surface area contributed by atoms with Crippen LogP contribution in [0.1, 0.15) is 26.2 Å². The molecule has 0 aliphatic rings. The third-order valence-corrected chi connectivity index (χ3v) is 1.38. The molecule has 0 bridgehead atoms. The summed E-state index contributed by atoms with van der Waals surface area (Å²) in [5.41, 5.74) is 0. The summed E-state index contributed by atoms with van der Waals surface area (Å²) < 4.78 is 0. The Morgan fingerprint density at radius 3 is 2.50 bits per heavy atom. The predicted octanol–water partition coefficient (Wildman–Crippen LogP) is 0.814.